The molecule has 14 heavy (non-hydrogen) atoms. The van der Waals surface area contributed by atoms with Crippen LogP contribution in [0.1, 0.15) is 5.56 Å². The SMILES string of the molecule is CN(N)C(=O)COCc1ccncc1. The average molecular weight is 195 g/mol. The van der Waals surface area contributed by atoms with Gasteiger partial charge in [-0.05, 0) is 17.7 Å². The number of aromatic nitrogens is 1. The Morgan fingerprint density at radius 2 is 2.21 bits per heavy atom. The van der Waals surface area contributed by atoms with Gasteiger partial charge in [0, 0.05) is 19.4 Å². The van der Waals surface area contributed by atoms with E-state index in [0.29, 0.717) is 6.61 Å². The summed E-state index contributed by atoms with van der Waals surface area (Å²) in [5.74, 6) is 4.96. The molecular formula is C9H13N3O2. The molecule has 0 aliphatic heterocycles. The number of carbonyl (C=O) groups excluding carboxylic acids is 1. The lowest BCUT2D eigenvalue weighted by Crippen LogP contribution is -2.35. The highest BCUT2D eigenvalue weighted by molar-refractivity contribution is 5.76. The number of hydrogen-bond donors (Lipinski definition) is 1. The van der Waals surface area contributed by atoms with Gasteiger partial charge >= 0.3 is 0 Å². The zero-order valence-electron chi connectivity index (χ0n) is 8.01. The third-order valence-electron chi connectivity index (χ3n) is 1.64. The van der Waals surface area contributed by atoms with Crippen molar-refractivity contribution in [2.75, 3.05) is 13.7 Å². The van der Waals surface area contributed by atoms with Crippen LogP contribution in [0.2, 0.25) is 0 Å². The fourth-order valence-corrected chi connectivity index (χ4v) is 0.837. The molecule has 5 nitrogen and oxygen atoms in total. The number of rotatable bonds is 4. The van der Waals surface area contributed by atoms with Crippen molar-refractivity contribution in [2.45, 2.75) is 6.61 Å². The molecule has 0 spiro atoms. The molecular weight excluding hydrogens is 182 g/mol. The van der Waals surface area contributed by atoms with Gasteiger partial charge in [0.1, 0.15) is 6.61 Å². The van der Waals surface area contributed by atoms with E-state index in [1.165, 1.54) is 7.05 Å². The number of nitrogens with zero attached hydrogens (tertiary/aromatic N) is 2. The molecule has 0 aliphatic rings. The zero-order valence-corrected chi connectivity index (χ0v) is 8.01. The van der Waals surface area contributed by atoms with Crippen LogP contribution < -0.4 is 5.84 Å². The van der Waals surface area contributed by atoms with E-state index in [2.05, 4.69) is 4.98 Å². The molecule has 0 saturated heterocycles. The van der Waals surface area contributed by atoms with Crippen LogP contribution in [-0.2, 0) is 16.1 Å². The molecule has 1 heterocycles. The second-order valence-corrected chi connectivity index (χ2v) is 2.85. The van der Waals surface area contributed by atoms with Crippen LogP contribution in [0.5, 0.6) is 0 Å². The molecule has 5 heteroatoms. The van der Waals surface area contributed by atoms with Gasteiger partial charge in [0.25, 0.3) is 5.91 Å². The molecule has 0 atom stereocenters. The van der Waals surface area contributed by atoms with Crippen molar-refractivity contribution in [3.8, 4) is 0 Å². The van der Waals surface area contributed by atoms with Crippen molar-refractivity contribution in [1.82, 2.24) is 9.99 Å². The van der Waals surface area contributed by atoms with E-state index >= 15 is 0 Å². The summed E-state index contributed by atoms with van der Waals surface area (Å²) >= 11 is 0. The van der Waals surface area contributed by atoms with Crippen LogP contribution in [0.4, 0.5) is 0 Å². The normalized spacial score (nSPS) is 9.86. The van der Waals surface area contributed by atoms with E-state index in [9.17, 15) is 4.79 Å². The number of ether oxygens (including phenoxy) is 1. The van der Waals surface area contributed by atoms with Crippen LogP contribution in [0.15, 0.2) is 24.5 Å². The van der Waals surface area contributed by atoms with Crippen LogP contribution in [0, 0.1) is 0 Å². The van der Waals surface area contributed by atoms with Crippen molar-refractivity contribution in [2.24, 2.45) is 5.84 Å². The molecule has 0 unspecified atom stereocenters. The third-order valence-corrected chi connectivity index (χ3v) is 1.64. The lowest BCUT2D eigenvalue weighted by Gasteiger charge is -2.09. The van der Waals surface area contributed by atoms with Crippen molar-refractivity contribution < 1.29 is 9.53 Å². The van der Waals surface area contributed by atoms with Crippen molar-refractivity contribution in [1.29, 1.82) is 0 Å². The number of likely N-dealkylation sites (N-methyl/N-ethyl adjacent to an activating group) is 1. The summed E-state index contributed by atoms with van der Waals surface area (Å²) in [6.07, 6.45) is 3.35. The summed E-state index contributed by atoms with van der Waals surface area (Å²) in [5, 5.41) is 1.01. The average Bonchev–Trinajstić information content (AvgIpc) is 2.19. The molecule has 0 saturated carbocycles. The van der Waals surface area contributed by atoms with Gasteiger partial charge in [-0.2, -0.15) is 0 Å². The summed E-state index contributed by atoms with van der Waals surface area (Å²) in [6.45, 7) is 0.386. The summed E-state index contributed by atoms with van der Waals surface area (Å²) < 4.78 is 5.14. The molecule has 0 radical (unpaired) electrons. The fraction of sp³-hybridized carbons (Fsp3) is 0.333. The lowest BCUT2D eigenvalue weighted by atomic mass is 10.3. The lowest BCUT2D eigenvalue weighted by molar-refractivity contribution is -0.135. The topological polar surface area (TPSA) is 68.5 Å². The van der Waals surface area contributed by atoms with Gasteiger partial charge in [0.05, 0.1) is 6.61 Å². The van der Waals surface area contributed by atoms with Crippen LogP contribution in [0.3, 0.4) is 0 Å². The molecule has 2 N–H and O–H groups in total. The maximum atomic E-state index is 11.0. The second kappa shape index (κ2) is 5.31. The molecule has 0 aromatic carbocycles. The fourth-order valence-electron chi connectivity index (χ4n) is 0.837. The molecule has 1 rings (SSSR count). The van der Waals surface area contributed by atoms with E-state index < -0.39 is 0 Å². The molecule has 0 bridgehead atoms. The van der Waals surface area contributed by atoms with Gasteiger partial charge < -0.3 is 4.74 Å². The minimum atomic E-state index is -0.251. The quantitative estimate of drug-likeness (QED) is 0.415. The predicted molar refractivity (Wildman–Crippen MR) is 50.9 cm³/mol. The Kier molecular flexibility index (Phi) is 4.03. The monoisotopic (exact) mass is 195 g/mol. The minimum absolute atomic E-state index is 0.00464. The number of pyridine rings is 1. The highest BCUT2D eigenvalue weighted by atomic mass is 16.5. The van der Waals surface area contributed by atoms with Crippen LogP contribution in [-0.4, -0.2) is 29.6 Å². The van der Waals surface area contributed by atoms with Crippen molar-refractivity contribution in [3.05, 3.63) is 30.1 Å². The minimum Gasteiger partial charge on any atom is -0.367 e. The largest absolute Gasteiger partial charge is 0.367 e. The Balaban J connectivity index is 2.26. The zero-order chi connectivity index (χ0) is 10.4. The highest BCUT2D eigenvalue weighted by Crippen LogP contribution is 1.98. The van der Waals surface area contributed by atoms with Gasteiger partial charge in [-0.25, -0.2) is 5.84 Å². The Bertz CT molecular complexity index is 287. The first-order valence-corrected chi connectivity index (χ1v) is 4.18. The molecule has 0 aliphatic carbocycles. The molecule has 1 aromatic rings. The molecule has 1 amide bonds. The number of amides is 1. The first-order chi connectivity index (χ1) is 6.70. The molecule has 76 valence electrons. The van der Waals surface area contributed by atoms with Crippen LogP contribution in [0.25, 0.3) is 0 Å². The van der Waals surface area contributed by atoms with E-state index in [0.717, 1.165) is 10.6 Å². The van der Waals surface area contributed by atoms with Gasteiger partial charge in [-0.1, -0.05) is 0 Å². The van der Waals surface area contributed by atoms with E-state index in [1.54, 1.807) is 12.4 Å². The van der Waals surface area contributed by atoms with E-state index in [1.807, 2.05) is 12.1 Å². The highest BCUT2D eigenvalue weighted by Gasteiger charge is 2.03. The molecule has 0 fully saturated rings. The van der Waals surface area contributed by atoms with E-state index in [4.69, 9.17) is 10.6 Å². The predicted octanol–water partition coefficient (Wildman–Crippen LogP) is -0.0697. The molecule has 1 aromatic heterocycles. The third kappa shape index (κ3) is 3.51. The van der Waals surface area contributed by atoms with Gasteiger partial charge in [0.15, 0.2) is 0 Å². The maximum absolute atomic E-state index is 11.0. The van der Waals surface area contributed by atoms with Gasteiger partial charge in [-0.15, -0.1) is 0 Å². The number of hydrazine groups is 1. The Labute approximate surface area is 82.5 Å². The smallest absolute Gasteiger partial charge is 0.262 e. The van der Waals surface area contributed by atoms with Gasteiger partial charge in [-0.3, -0.25) is 14.8 Å². The summed E-state index contributed by atoms with van der Waals surface area (Å²) in [5.41, 5.74) is 0.979. The number of nitrogens with two attached hydrogens (primary N) is 1. The van der Waals surface area contributed by atoms with Crippen LogP contribution >= 0.6 is 0 Å². The first-order valence-electron chi connectivity index (χ1n) is 4.18. The summed E-state index contributed by atoms with van der Waals surface area (Å²) in [4.78, 5) is 14.9. The Morgan fingerprint density at radius 1 is 1.57 bits per heavy atom. The Morgan fingerprint density at radius 3 is 2.79 bits per heavy atom. The number of carbonyl (C=O) groups is 1. The second-order valence-electron chi connectivity index (χ2n) is 2.85. The maximum Gasteiger partial charge on any atom is 0.262 e. The Hall–Kier alpha value is -1.46. The first kappa shape index (κ1) is 10.6. The van der Waals surface area contributed by atoms with Crippen molar-refractivity contribution in [3.63, 3.8) is 0 Å². The summed E-state index contributed by atoms with van der Waals surface area (Å²) in [6, 6.07) is 3.66. The van der Waals surface area contributed by atoms with E-state index in [-0.39, 0.29) is 12.5 Å². The van der Waals surface area contributed by atoms with Gasteiger partial charge in [0.2, 0.25) is 0 Å². The summed E-state index contributed by atoms with van der Waals surface area (Å²) in [7, 11) is 1.48. The standard InChI is InChI=1S/C9H13N3O2/c1-12(10)9(13)7-14-6-8-2-4-11-5-3-8/h2-5H,6-7,10H2,1H3. The number of hydrogen-bond acceptors (Lipinski definition) is 4. The van der Waals surface area contributed by atoms with Crippen molar-refractivity contribution >= 4 is 5.91 Å².